The summed E-state index contributed by atoms with van der Waals surface area (Å²) in [4.78, 5) is 63.7. The molecule has 0 spiro atoms. The number of carbonyl (C=O) groups excluding carboxylic acids is 5. The fourth-order valence-electron chi connectivity index (χ4n) is 6.21. The van der Waals surface area contributed by atoms with E-state index in [-0.39, 0.29) is 31.6 Å². The number of rotatable bonds is 18. The molecule has 5 N–H and O–H groups in total. The van der Waals surface area contributed by atoms with Gasteiger partial charge in [0.25, 0.3) is 11.8 Å². The Morgan fingerprint density at radius 2 is 1.58 bits per heavy atom. The largest absolute Gasteiger partial charge is 0.387 e. The molecule has 55 heavy (non-hydrogen) atoms. The molecular weight excluding hydrogens is 739 g/mol. The maximum atomic E-state index is 15.0. The number of benzene rings is 2. The molecule has 1 aliphatic heterocycles. The van der Waals surface area contributed by atoms with Crippen molar-refractivity contribution in [1.29, 1.82) is 0 Å². The van der Waals surface area contributed by atoms with Gasteiger partial charge in [0, 0.05) is 61.3 Å². The minimum Gasteiger partial charge on any atom is -0.387 e. The van der Waals surface area contributed by atoms with Crippen LogP contribution in [0, 0.1) is 17.0 Å². The third-order valence-corrected chi connectivity index (χ3v) is 10.6. The standard InChI is InChI=1S/C38H46F2N6O8S/c1-38(2,3)36(31-19-26(28-20-27(39)9-10-29(28)40)22-44(31)21-25-7-5-4-6-8-25)45(35(51)24-47)16-13-30(41)37(52)43-15-18-55(53,54)17-14-42-32(48)23-46-33(49)11-12-34(46)50/h4-12,19-20,22,30,36,47H,13-18,21,23-24,41H2,1-3H3,(H,42,48)(H,43,52)/t30-,36-/m0/s1. The molecular formula is C38H46F2N6O8S. The average Bonchev–Trinajstić information content (AvgIpc) is 3.67. The third kappa shape index (κ3) is 11.6. The topological polar surface area (TPSA) is 201 Å². The van der Waals surface area contributed by atoms with Gasteiger partial charge in [0.15, 0.2) is 9.84 Å². The first kappa shape index (κ1) is 42.5. The zero-order valence-corrected chi connectivity index (χ0v) is 31.7. The first-order chi connectivity index (χ1) is 25.9. The van der Waals surface area contributed by atoms with Crippen molar-refractivity contribution in [3.63, 3.8) is 0 Å². The van der Waals surface area contributed by atoms with Crippen LogP contribution in [-0.4, -0.2) is 108 Å². The van der Waals surface area contributed by atoms with Crippen LogP contribution in [0.3, 0.4) is 0 Å². The van der Waals surface area contributed by atoms with E-state index in [1.807, 2.05) is 55.7 Å². The van der Waals surface area contributed by atoms with Gasteiger partial charge in [-0.15, -0.1) is 0 Å². The third-order valence-electron chi connectivity index (χ3n) is 8.90. The Bertz CT molecular complexity index is 2010. The van der Waals surface area contributed by atoms with E-state index in [1.54, 1.807) is 12.3 Å². The number of nitrogens with two attached hydrogens (primary N) is 1. The molecule has 1 aromatic heterocycles. The van der Waals surface area contributed by atoms with Gasteiger partial charge in [0.2, 0.25) is 17.7 Å². The second kappa shape index (κ2) is 18.4. The van der Waals surface area contributed by atoms with Crippen LogP contribution < -0.4 is 16.4 Å². The summed E-state index contributed by atoms with van der Waals surface area (Å²) in [5.41, 5.74) is 7.35. The van der Waals surface area contributed by atoms with Crippen LogP contribution in [0.5, 0.6) is 0 Å². The zero-order valence-electron chi connectivity index (χ0n) is 30.8. The van der Waals surface area contributed by atoms with Gasteiger partial charge in [-0.1, -0.05) is 51.1 Å². The molecule has 2 aromatic carbocycles. The van der Waals surface area contributed by atoms with Gasteiger partial charge >= 0.3 is 0 Å². The number of amides is 5. The highest BCUT2D eigenvalue weighted by Crippen LogP contribution is 2.41. The van der Waals surface area contributed by atoms with Gasteiger partial charge in [0.1, 0.15) is 24.8 Å². The summed E-state index contributed by atoms with van der Waals surface area (Å²) in [6.45, 7) is 3.87. The highest BCUT2D eigenvalue weighted by molar-refractivity contribution is 7.91. The fraction of sp³-hybridized carbons (Fsp3) is 0.395. The van der Waals surface area contributed by atoms with Crippen molar-refractivity contribution in [2.75, 3.05) is 44.3 Å². The molecule has 296 valence electrons. The van der Waals surface area contributed by atoms with E-state index < -0.39 is 93.2 Å². The Morgan fingerprint density at radius 1 is 0.945 bits per heavy atom. The van der Waals surface area contributed by atoms with Crippen molar-refractivity contribution in [2.24, 2.45) is 11.1 Å². The number of nitrogens with one attached hydrogen (secondary N) is 2. The molecule has 4 rings (SSSR count). The van der Waals surface area contributed by atoms with Crippen LogP contribution in [-0.2, 0) is 40.4 Å². The predicted molar refractivity (Wildman–Crippen MR) is 199 cm³/mol. The number of halogens is 2. The van der Waals surface area contributed by atoms with Crippen LogP contribution in [0.4, 0.5) is 8.78 Å². The SMILES string of the molecule is CC(C)(C)[C@H](c1cc(-c2cc(F)ccc2F)cn1Cc1ccccc1)N(CC[C@H](N)C(=O)NCCS(=O)(=O)CCNC(=O)CN1C(=O)C=CC1=O)C(=O)CO. The van der Waals surface area contributed by atoms with Crippen molar-refractivity contribution < 1.29 is 46.3 Å². The lowest BCUT2D eigenvalue weighted by atomic mass is 9.82. The molecule has 0 saturated heterocycles. The second-order valence-corrected chi connectivity index (χ2v) is 16.5. The second-order valence-electron chi connectivity index (χ2n) is 14.2. The van der Waals surface area contributed by atoms with Crippen molar-refractivity contribution >= 4 is 39.4 Å². The molecule has 0 radical (unpaired) electrons. The summed E-state index contributed by atoms with van der Waals surface area (Å²) in [7, 11) is -3.75. The van der Waals surface area contributed by atoms with Crippen molar-refractivity contribution in [1.82, 2.24) is 25.0 Å². The number of hydrogen-bond acceptors (Lipinski definition) is 9. The molecule has 0 fully saturated rings. The van der Waals surface area contributed by atoms with Crippen molar-refractivity contribution in [3.8, 4) is 11.1 Å². The maximum Gasteiger partial charge on any atom is 0.254 e. The van der Waals surface area contributed by atoms with E-state index in [0.717, 1.165) is 35.9 Å². The molecule has 17 heteroatoms. The summed E-state index contributed by atoms with van der Waals surface area (Å²) < 4.78 is 56.2. The highest BCUT2D eigenvalue weighted by Gasteiger charge is 2.37. The van der Waals surface area contributed by atoms with Gasteiger partial charge in [-0.2, -0.15) is 0 Å². The zero-order chi connectivity index (χ0) is 40.5. The minimum absolute atomic E-state index is 0.0249. The van der Waals surface area contributed by atoms with Crippen LogP contribution in [0.15, 0.2) is 72.9 Å². The number of nitrogens with zero attached hydrogens (tertiary/aromatic N) is 3. The van der Waals surface area contributed by atoms with E-state index in [9.17, 15) is 41.9 Å². The summed E-state index contributed by atoms with van der Waals surface area (Å²) >= 11 is 0. The Morgan fingerprint density at radius 3 is 2.20 bits per heavy atom. The molecule has 3 aromatic rings. The number of carbonyl (C=O) groups is 5. The molecule has 0 unspecified atom stereocenters. The normalized spacial score (nSPS) is 14.2. The summed E-state index contributed by atoms with van der Waals surface area (Å²) in [6, 6.07) is 12.3. The maximum absolute atomic E-state index is 15.0. The first-order valence-corrected chi connectivity index (χ1v) is 19.4. The fourth-order valence-corrected chi connectivity index (χ4v) is 7.24. The quantitative estimate of drug-likeness (QED) is 0.139. The lowest BCUT2D eigenvalue weighted by molar-refractivity contribution is -0.141. The summed E-state index contributed by atoms with van der Waals surface area (Å²) in [6.07, 6.45) is 3.65. The number of aromatic nitrogens is 1. The van der Waals surface area contributed by atoms with E-state index in [0.29, 0.717) is 22.7 Å². The molecule has 5 amide bonds. The number of aliphatic hydroxyl groups excluding tert-OH is 1. The van der Waals surface area contributed by atoms with Gasteiger partial charge in [-0.3, -0.25) is 28.9 Å². The minimum atomic E-state index is -3.75. The first-order valence-electron chi connectivity index (χ1n) is 17.5. The molecule has 14 nitrogen and oxygen atoms in total. The van der Waals surface area contributed by atoms with Gasteiger partial charge in [-0.25, -0.2) is 17.2 Å². The monoisotopic (exact) mass is 784 g/mol. The molecule has 2 heterocycles. The molecule has 2 atom stereocenters. The van der Waals surface area contributed by atoms with Crippen LogP contribution in [0.25, 0.3) is 11.1 Å². The molecule has 0 aliphatic carbocycles. The Balaban J connectivity index is 1.43. The summed E-state index contributed by atoms with van der Waals surface area (Å²) in [5.74, 6) is -5.55. The van der Waals surface area contributed by atoms with Crippen molar-refractivity contribution in [2.45, 2.75) is 45.8 Å². The van der Waals surface area contributed by atoms with Crippen LogP contribution >= 0.6 is 0 Å². The number of imide groups is 1. The van der Waals surface area contributed by atoms with Crippen molar-refractivity contribution in [3.05, 3.63) is 95.8 Å². The highest BCUT2D eigenvalue weighted by atomic mass is 32.2. The lowest BCUT2D eigenvalue weighted by Gasteiger charge is -2.41. The summed E-state index contributed by atoms with van der Waals surface area (Å²) in [5, 5.41) is 14.9. The smallest absolute Gasteiger partial charge is 0.254 e. The molecule has 0 saturated carbocycles. The van der Waals surface area contributed by atoms with Gasteiger partial charge in [-0.05, 0) is 41.7 Å². The Hall–Kier alpha value is -5.26. The molecule has 1 aliphatic rings. The van der Waals surface area contributed by atoms with Crippen LogP contribution in [0.1, 0.15) is 44.5 Å². The Kier molecular flexibility index (Phi) is 14.2. The molecule has 0 bridgehead atoms. The van der Waals surface area contributed by atoms with E-state index >= 15 is 4.39 Å². The predicted octanol–water partition coefficient (Wildman–Crippen LogP) is 1.68. The number of hydrogen-bond donors (Lipinski definition) is 4. The average molecular weight is 785 g/mol. The van der Waals surface area contributed by atoms with Gasteiger partial charge in [0.05, 0.1) is 23.6 Å². The van der Waals surface area contributed by atoms with E-state index in [2.05, 4.69) is 10.6 Å². The number of sulfone groups is 1. The van der Waals surface area contributed by atoms with Gasteiger partial charge < -0.3 is 30.9 Å². The van der Waals surface area contributed by atoms with Crippen LogP contribution in [0.2, 0.25) is 0 Å². The van der Waals surface area contributed by atoms with E-state index in [1.165, 1.54) is 4.90 Å². The lowest BCUT2D eigenvalue weighted by Crippen LogP contribution is -2.48. The number of aliphatic hydroxyl groups is 1. The van der Waals surface area contributed by atoms with E-state index in [4.69, 9.17) is 5.73 Å². The Labute approximate surface area is 318 Å².